The number of anilines is 1. The summed E-state index contributed by atoms with van der Waals surface area (Å²) >= 11 is 0. The summed E-state index contributed by atoms with van der Waals surface area (Å²) in [4.78, 5) is 8.86. The Hall–Kier alpha value is -2.04. The Kier molecular flexibility index (Phi) is 4.61. The second-order valence-electron chi connectivity index (χ2n) is 5.23. The van der Waals surface area contributed by atoms with Gasteiger partial charge >= 0.3 is 0 Å². The van der Waals surface area contributed by atoms with Crippen LogP contribution in [0.5, 0.6) is 5.88 Å². The number of rotatable bonds is 6. The zero-order valence-electron chi connectivity index (χ0n) is 12.3. The molecule has 2 heterocycles. The Balaban J connectivity index is 2.28. The lowest BCUT2D eigenvalue weighted by Gasteiger charge is -2.12. The van der Waals surface area contributed by atoms with Gasteiger partial charge in [-0.1, -0.05) is 20.8 Å². The normalized spacial score (nSPS) is 11.0. The predicted molar refractivity (Wildman–Crippen MR) is 80.1 cm³/mol. The average Bonchev–Trinajstić information content (AvgIpc) is 2.86. The molecule has 0 fully saturated rings. The van der Waals surface area contributed by atoms with Gasteiger partial charge in [0.05, 0.1) is 12.3 Å². The van der Waals surface area contributed by atoms with Crippen molar-refractivity contribution in [3.05, 3.63) is 30.4 Å². The van der Waals surface area contributed by atoms with Gasteiger partial charge in [0.15, 0.2) is 0 Å². The molecule has 108 valence electrons. The van der Waals surface area contributed by atoms with Crippen LogP contribution >= 0.6 is 0 Å². The van der Waals surface area contributed by atoms with E-state index in [4.69, 9.17) is 10.5 Å². The van der Waals surface area contributed by atoms with Gasteiger partial charge in [0, 0.05) is 18.8 Å². The Morgan fingerprint density at radius 1 is 1.35 bits per heavy atom. The lowest BCUT2D eigenvalue weighted by Crippen LogP contribution is -2.09. The Morgan fingerprint density at radius 3 is 2.85 bits per heavy atom. The molecular formula is C15H22N4O. The van der Waals surface area contributed by atoms with Crippen molar-refractivity contribution in [2.24, 2.45) is 5.92 Å². The summed E-state index contributed by atoms with van der Waals surface area (Å²) < 4.78 is 7.64. The first kappa shape index (κ1) is 14.4. The highest BCUT2D eigenvalue weighted by atomic mass is 16.5. The van der Waals surface area contributed by atoms with Crippen molar-refractivity contribution < 1.29 is 4.74 Å². The van der Waals surface area contributed by atoms with Crippen molar-refractivity contribution in [3.63, 3.8) is 0 Å². The van der Waals surface area contributed by atoms with Crippen LogP contribution in [0.1, 0.15) is 33.0 Å². The number of pyridine rings is 1. The fraction of sp³-hybridized carbons (Fsp3) is 0.467. The molecule has 0 unspecified atom stereocenters. The van der Waals surface area contributed by atoms with E-state index < -0.39 is 0 Å². The molecule has 5 heteroatoms. The van der Waals surface area contributed by atoms with E-state index in [2.05, 4.69) is 30.7 Å². The Morgan fingerprint density at radius 2 is 2.15 bits per heavy atom. The molecule has 0 aromatic carbocycles. The molecule has 0 spiro atoms. The Labute approximate surface area is 119 Å². The number of nitrogen functional groups attached to an aromatic ring is 1. The van der Waals surface area contributed by atoms with Gasteiger partial charge in [-0.05, 0) is 24.5 Å². The summed E-state index contributed by atoms with van der Waals surface area (Å²) in [6, 6.07) is 3.71. The van der Waals surface area contributed by atoms with Gasteiger partial charge in [-0.3, -0.25) is 4.57 Å². The lowest BCUT2D eigenvalue weighted by atomic mass is 10.2. The summed E-state index contributed by atoms with van der Waals surface area (Å²) in [7, 11) is 0. The molecule has 2 aromatic heterocycles. The van der Waals surface area contributed by atoms with Crippen LogP contribution in [0.4, 0.5) is 5.69 Å². The number of ether oxygens (including phenoxy) is 1. The molecule has 2 N–H and O–H groups in total. The average molecular weight is 274 g/mol. The van der Waals surface area contributed by atoms with Gasteiger partial charge in [-0.25, -0.2) is 4.98 Å². The van der Waals surface area contributed by atoms with E-state index in [1.54, 1.807) is 6.20 Å². The van der Waals surface area contributed by atoms with Gasteiger partial charge in [0.2, 0.25) is 5.88 Å². The topological polar surface area (TPSA) is 66.0 Å². The molecule has 0 aliphatic carbocycles. The second-order valence-corrected chi connectivity index (χ2v) is 5.23. The molecule has 0 saturated heterocycles. The van der Waals surface area contributed by atoms with Crippen LogP contribution in [0, 0.1) is 5.92 Å². The van der Waals surface area contributed by atoms with Crippen LogP contribution in [0.25, 0.3) is 5.82 Å². The maximum Gasteiger partial charge on any atom is 0.239 e. The maximum absolute atomic E-state index is 5.91. The number of aromatic nitrogens is 3. The summed E-state index contributed by atoms with van der Waals surface area (Å²) in [6.45, 7) is 6.92. The summed E-state index contributed by atoms with van der Waals surface area (Å²) in [5, 5.41) is 0. The smallest absolute Gasteiger partial charge is 0.239 e. The summed E-state index contributed by atoms with van der Waals surface area (Å²) in [5.41, 5.74) is 6.48. The van der Waals surface area contributed by atoms with Crippen LogP contribution in [0.2, 0.25) is 0 Å². The van der Waals surface area contributed by atoms with E-state index in [1.165, 1.54) is 0 Å². The number of aryl methyl sites for hydroxylation is 1. The number of nitrogens with zero attached hydrogens (tertiary/aromatic N) is 3. The maximum atomic E-state index is 5.91. The summed E-state index contributed by atoms with van der Waals surface area (Å²) in [5.74, 6) is 2.72. The van der Waals surface area contributed by atoms with Crippen molar-refractivity contribution in [1.82, 2.24) is 14.5 Å². The van der Waals surface area contributed by atoms with Gasteiger partial charge in [-0.15, -0.1) is 0 Å². The third kappa shape index (κ3) is 3.29. The zero-order chi connectivity index (χ0) is 14.5. The molecule has 0 atom stereocenters. The monoisotopic (exact) mass is 274 g/mol. The molecule has 2 rings (SSSR count). The molecule has 0 aliphatic rings. The number of nitrogens with two attached hydrogens (primary N) is 1. The molecule has 0 amide bonds. The second kappa shape index (κ2) is 6.41. The third-order valence-electron chi connectivity index (χ3n) is 2.87. The van der Waals surface area contributed by atoms with Gasteiger partial charge in [0.1, 0.15) is 11.6 Å². The molecule has 0 aliphatic heterocycles. The minimum absolute atomic E-state index is 0.434. The summed E-state index contributed by atoms with van der Waals surface area (Å²) in [6.07, 6.45) is 5.66. The minimum Gasteiger partial charge on any atom is -0.476 e. The van der Waals surface area contributed by atoms with Crippen molar-refractivity contribution in [3.8, 4) is 11.7 Å². The van der Waals surface area contributed by atoms with Crippen LogP contribution < -0.4 is 10.5 Å². The highest BCUT2D eigenvalue weighted by Gasteiger charge is 2.09. The van der Waals surface area contributed by atoms with E-state index in [9.17, 15) is 0 Å². The number of hydrogen-bond acceptors (Lipinski definition) is 4. The van der Waals surface area contributed by atoms with Gasteiger partial charge < -0.3 is 10.5 Å². The van der Waals surface area contributed by atoms with Gasteiger partial charge in [-0.2, -0.15) is 4.98 Å². The van der Waals surface area contributed by atoms with Crippen molar-refractivity contribution >= 4 is 5.69 Å². The third-order valence-corrected chi connectivity index (χ3v) is 2.87. The van der Waals surface area contributed by atoms with E-state index in [1.807, 2.05) is 22.9 Å². The standard InChI is InChI=1S/C15H22N4O/c1-4-5-13-17-8-9-19(13)14-7-6-12(16)15(18-14)20-10-11(2)3/h6-9,11H,4-5,10,16H2,1-3H3. The Bertz CT molecular complexity index is 563. The lowest BCUT2D eigenvalue weighted by molar-refractivity contribution is 0.262. The minimum atomic E-state index is 0.434. The van der Waals surface area contributed by atoms with E-state index in [-0.39, 0.29) is 0 Å². The fourth-order valence-corrected chi connectivity index (χ4v) is 1.89. The van der Waals surface area contributed by atoms with Gasteiger partial charge in [0.25, 0.3) is 0 Å². The molecule has 20 heavy (non-hydrogen) atoms. The molecule has 2 aromatic rings. The first-order valence-electron chi connectivity index (χ1n) is 7.03. The van der Waals surface area contributed by atoms with Crippen molar-refractivity contribution in [2.45, 2.75) is 33.6 Å². The van der Waals surface area contributed by atoms with E-state index in [0.29, 0.717) is 24.1 Å². The van der Waals surface area contributed by atoms with Crippen LogP contribution in [-0.4, -0.2) is 21.1 Å². The fourth-order valence-electron chi connectivity index (χ4n) is 1.89. The molecule has 0 radical (unpaired) electrons. The van der Waals surface area contributed by atoms with Crippen molar-refractivity contribution in [1.29, 1.82) is 0 Å². The number of imidazole rings is 1. The van der Waals surface area contributed by atoms with Crippen LogP contribution in [0.3, 0.4) is 0 Å². The molecule has 0 saturated carbocycles. The molecular weight excluding hydrogens is 252 g/mol. The zero-order valence-corrected chi connectivity index (χ0v) is 12.3. The highest BCUT2D eigenvalue weighted by molar-refractivity contribution is 5.50. The SMILES string of the molecule is CCCc1nccn1-c1ccc(N)c(OCC(C)C)n1. The van der Waals surface area contributed by atoms with E-state index >= 15 is 0 Å². The van der Waals surface area contributed by atoms with Crippen LogP contribution in [0.15, 0.2) is 24.5 Å². The first-order valence-corrected chi connectivity index (χ1v) is 7.03. The quantitative estimate of drug-likeness (QED) is 0.879. The highest BCUT2D eigenvalue weighted by Crippen LogP contribution is 2.21. The molecule has 0 bridgehead atoms. The van der Waals surface area contributed by atoms with Crippen molar-refractivity contribution in [2.75, 3.05) is 12.3 Å². The largest absolute Gasteiger partial charge is 0.476 e. The predicted octanol–water partition coefficient (Wildman–Crippen LogP) is 2.84. The first-order chi connectivity index (χ1) is 9.61. The van der Waals surface area contributed by atoms with E-state index in [0.717, 1.165) is 24.5 Å². The van der Waals surface area contributed by atoms with Crippen LogP contribution in [-0.2, 0) is 6.42 Å². The molecule has 5 nitrogen and oxygen atoms in total. The number of hydrogen-bond donors (Lipinski definition) is 1.